The van der Waals surface area contributed by atoms with Crippen LogP contribution in [0.4, 0.5) is 17.1 Å². The zero-order valence-electron chi connectivity index (χ0n) is 16.6. The van der Waals surface area contributed by atoms with Crippen molar-refractivity contribution in [3.63, 3.8) is 0 Å². The predicted octanol–water partition coefficient (Wildman–Crippen LogP) is 5.37. The summed E-state index contributed by atoms with van der Waals surface area (Å²) in [6.07, 6.45) is 0. The van der Waals surface area contributed by atoms with Crippen LogP contribution in [0.5, 0.6) is 5.75 Å². The number of carbonyl (C=O) groups is 1. The van der Waals surface area contributed by atoms with Crippen LogP contribution >= 0.6 is 12.2 Å². The van der Waals surface area contributed by atoms with Crippen LogP contribution in [-0.4, -0.2) is 18.1 Å². The van der Waals surface area contributed by atoms with E-state index in [1.54, 1.807) is 25.3 Å². The molecule has 0 radical (unpaired) electrons. The van der Waals surface area contributed by atoms with E-state index in [0.29, 0.717) is 22.1 Å². The molecule has 0 saturated heterocycles. The average molecular weight is 406 g/mol. The van der Waals surface area contributed by atoms with Gasteiger partial charge in [0.15, 0.2) is 5.11 Å². The van der Waals surface area contributed by atoms with E-state index in [-0.39, 0.29) is 5.91 Å². The van der Waals surface area contributed by atoms with E-state index in [2.05, 4.69) is 22.0 Å². The number of amides is 1. The van der Waals surface area contributed by atoms with Crippen LogP contribution in [0, 0.1) is 13.8 Å². The summed E-state index contributed by atoms with van der Waals surface area (Å²) in [6, 6.07) is 20.6. The summed E-state index contributed by atoms with van der Waals surface area (Å²) in [7, 11) is 1.57. The molecule has 0 spiro atoms. The normalized spacial score (nSPS) is 10.2. The van der Waals surface area contributed by atoms with E-state index in [0.717, 1.165) is 22.5 Å². The third kappa shape index (κ3) is 5.56. The Labute approximate surface area is 176 Å². The van der Waals surface area contributed by atoms with Crippen LogP contribution in [0.1, 0.15) is 21.5 Å². The summed E-state index contributed by atoms with van der Waals surface area (Å²) in [4.78, 5) is 12.6. The minimum absolute atomic E-state index is 0.213. The molecule has 0 fully saturated rings. The van der Waals surface area contributed by atoms with Gasteiger partial charge in [0.2, 0.25) is 0 Å². The molecule has 6 heteroatoms. The van der Waals surface area contributed by atoms with Gasteiger partial charge < -0.3 is 20.7 Å². The maximum absolute atomic E-state index is 12.6. The van der Waals surface area contributed by atoms with Gasteiger partial charge >= 0.3 is 0 Å². The van der Waals surface area contributed by atoms with E-state index < -0.39 is 0 Å². The summed E-state index contributed by atoms with van der Waals surface area (Å²) in [5, 5.41) is 9.58. The summed E-state index contributed by atoms with van der Waals surface area (Å²) < 4.78 is 5.41. The first-order chi connectivity index (χ1) is 13.9. The van der Waals surface area contributed by atoms with Crippen LogP contribution in [-0.2, 0) is 0 Å². The van der Waals surface area contributed by atoms with E-state index in [4.69, 9.17) is 17.0 Å². The number of hydrogen-bond acceptors (Lipinski definition) is 3. The fourth-order valence-electron chi connectivity index (χ4n) is 3.00. The van der Waals surface area contributed by atoms with Crippen molar-refractivity contribution >= 4 is 40.3 Å². The first-order valence-electron chi connectivity index (χ1n) is 9.15. The van der Waals surface area contributed by atoms with Gasteiger partial charge in [-0.05, 0) is 79.7 Å². The van der Waals surface area contributed by atoms with E-state index in [1.165, 1.54) is 0 Å². The van der Waals surface area contributed by atoms with Gasteiger partial charge in [0.05, 0.1) is 12.8 Å². The monoisotopic (exact) mass is 405 g/mol. The molecule has 3 aromatic rings. The number of thiocarbonyl (C=S) groups is 1. The van der Waals surface area contributed by atoms with Crippen molar-refractivity contribution in [2.24, 2.45) is 0 Å². The molecule has 3 aromatic carbocycles. The van der Waals surface area contributed by atoms with Crippen molar-refractivity contribution in [3.8, 4) is 5.75 Å². The third-order valence-corrected chi connectivity index (χ3v) is 4.43. The summed E-state index contributed by atoms with van der Waals surface area (Å²) in [5.74, 6) is 0.376. The second-order valence-corrected chi connectivity index (χ2v) is 7.10. The Morgan fingerprint density at radius 1 is 0.828 bits per heavy atom. The largest absolute Gasteiger partial charge is 0.495 e. The highest BCUT2D eigenvalue weighted by Gasteiger charge is 2.12. The van der Waals surface area contributed by atoms with Gasteiger partial charge in [-0.1, -0.05) is 24.3 Å². The lowest BCUT2D eigenvalue weighted by Gasteiger charge is -2.15. The molecule has 5 nitrogen and oxygen atoms in total. The molecule has 0 aliphatic rings. The predicted molar refractivity (Wildman–Crippen MR) is 123 cm³/mol. The van der Waals surface area contributed by atoms with E-state index >= 15 is 0 Å². The van der Waals surface area contributed by atoms with Crippen molar-refractivity contribution in [1.82, 2.24) is 0 Å². The minimum Gasteiger partial charge on any atom is -0.495 e. The molecule has 0 heterocycles. The number of aryl methyl sites for hydroxylation is 2. The molecule has 148 valence electrons. The van der Waals surface area contributed by atoms with E-state index in [9.17, 15) is 4.79 Å². The fraction of sp³-hybridized carbons (Fsp3) is 0.130. The first kappa shape index (κ1) is 20.4. The van der Waals surface area contributed by atoms with Gasteiger partial charge in [-0.15, -0.1) is 0 Å². The zero-order valence-corrected chi connectivity index (χ0v) is 17.4. The maximum Gasteiger partial charge on any atom is 0.255 e. The molecule has 0 aliphatic carbocycles. The highest BCUT2D eigenvalue weighted by Crippen LogP contribution is 2.26. The Kier molecular flexibility index (Phi) is 6.46. The highest BCUT2D eigenvalue weighted by atomic mass is 32.1. The lowest BCUT2D eigenvalue weighted by Crippen LogP contribution is -2.20. The lowest BCUT2D eigenvalue weighted by molar-refractivity contribution is 0.102. The summed E-state index contributed by atoms with van der Waals surface area (Å²) in [6.45, 7) is 4.07. The minimum atomic E-state index is -0.213. The van der Waals surface area contributed by atoms with Crippen molar-refractivity contribution in [3.05, 3.63) is 83.4 Å². The Hall–Kier alpha value is -3.38. The topological polar surface area (TPSA) is 62.4 Å². The molecule has 1 amide bonds. The Bertz CT molecular complexity index is 1020. The quantitative estimate of drug-likeness (QED) is 0.498. The zero-order chi connectivity index (χ0) is 20.8. The Balaban J connectivity index is 1.76. The SMILES string of the molecule is COc1ccc(C(=O)Nc2ccccc2)cc1NC(=S)Nc1cc(C)cc(C)c1. The number of anilines is 3. The fourth-order valence-corrected chi connectivity index (χ4v) is 3.23. The van der Waals surface area contributed by atoms with Crippen LogP contribution in [0.25, 0.3) is 0 Å². The van der Waals surface area contributed by atoms with Gasteiger partial charge in [0, 0.05) is 16.9 Å². The van der Waals surface area contributed by atoms with Crippen molar-refractivity contribution in [2.75, 3.05) is 23.1 Å². The first-order valence-corrected chi connectivity index (χ1v) is 9.56. The number of hydrogen-bond donors (Lipinski definition) is 3. The standard InChI is InChI=1S/C23H23N3O2S/c1-15-11-16(2)13-19(12-15)25-23(29)26-20-14-17(9-10-21(20)28-3)22(27)24-18-7-5-4-6-8-18/h4-14H,1-3H3,(H,24,27)(H2,25,26,29). The molecule has 29 heavy (non-hydrogen) atoms. The van der Waals surface area contributed by atoms with Gasteiger partial charge in [-0.2, -0.15) is 0 Å². The molecule has 3 rings (SSSR count). The summed E-state index contributed by atoms with van der Waals surface area (Å²) in [5.41, 5.74) is 5.02. The van der Waals surface area contributed by atoms with Gasteiger partial charge in [0.1, 0.15) is 5.75 Å². The molecule has 0 unspecified atom stereocenters. The van der Waals surface area contributed by atoms with Crippen molar-refractivity contribution < 1.29 is 9.53 Å². The number of rotatable bonds is 5. The number of carbonyl (C=O) groups excluding carboxylic acids is 1. The maximum atomic E-state index is 12.6. The molecule has 0 bridgehead atoms. The number of methoxy groups -OCH3 is 1. The molecule has 0 aliphatic heterocycles. The third-order valence-electron chi connectivity index (χ3n) is 4.22. The molecular formula is C23H23N3O2S. The molecule has 0 atom stereocenters. The highest BCUT2D eigenvalue weighted by molar-refractivity contribution is 7.80. The van der Waals surface area contributed by atoms with Crippen LogP contribution < -0.4 is 20.7 Å². The Morgan fingerprint density at radius 3 is 2.17 bits per heavy atom. The molecule has 3 N–H and O–H groups in total. The number of nitrogens with one attached hydrogen (secondary N) is 3. The number of ether oxygens (including phenoxy) is 1. The number of para-hydroxylation sites is 1. The van der Waals surface area contributed by atoms with Crippen LogP contribution in [0.3, 0.4) is 0 Å². The molecule has 0 saturated carbocycles. The van der Waals surface area contributed by atoms with Crippen LogP contribution in [0.2, 0.25) is 0 Å². The smallest absolute Gasteiger partial charge is 0.255 e. The number of benzene rings is 3. The van der Waals surface area contributed by atoms with Crippen molar-refractivity contribution in [1.29, 1.82) is 0 Å². The second kappa shape index (κ2) is 9.21. The second-order valence-electron chi connectivity index (χ2n) is 6.69. The molecular weight excluding hydrogens is 382 g/mol. The van der Waals surface area contributed by atoms with E-state index in [1.807, 2.05) is 56.3 Å². The van der Waals surface area contributed by atoms with Crippen molar-refractivity contribution in [2.45, 2.75) is 13.8 Å². The summed E-state index contributed by atoms with van der Waals surface area (Å²) >= 11 is 5.45. The van der Waals surface area contributed by atoms with Gasteiger partial charge in [-0.25, -0.2) is 0 Å². The average Bonchev–Trinajstić information content (AvgIpc) is 2.67. The molecule has 0 aromatic heterocycles. The van der Waals surface area contributed by atoms with Gasteiger partial charge in [0.25, 0.3) is 5.91 Å². The Morgan fingerprint density at radius 2 is 1.52 bits per heavy atom. The van der Waals surface area contributed by atoms with Gasteiger partial charge in [-0.3, -0.25) is 4.79 Å². The lowest BCUT2D eigenvalue weighted by atomic mass is 10.1. The van der Waals surface area contributed by atoms with Crippen LogP contribution in [0.15, 0.2) is 66.7 Å².